The summed E-state index contributed by atoms with van der Waals surface area (Å²) in [5.74, 6) is -0.409. The van der Waals surface area contributed by atoms with E-state index in [2.05, 4.69) is 21.2 Å². The van der Waals surface area contributed by atoms with Crippen molar-refractivity contribution >= 4 is 15.9 Å². The molecule has 0 aromatic heterocycles. The molecule has 1 saturated heterocycles. The molecule has 1 unspecified atom stereocenters. The third kappa shape index (κ3) is 1.64. The first-order valence-electron chi connectivity index (χ1n) is 4.60. The van der Waals surface area contributed by atoms with Gasteiger partial charge in [0.15, 0.2) is 0 Å². The van der Waals surface area contributed by atoms with Crippen LogP contribution in [0.1, 0.15) is 24.4 Å². The van der Waals surface area contributed by atoms with Crippen LogP contribution in [0.4, 0.5) is 4.39 Å². The summed E-state index contributed by atoms with van der Waals surface area (Å²) in [6.07, 6.45) is 2.02. The Morgan fingerprint density at radius 1 is 1.50 bits per heavy atom. The zero-order valence-corrected chi connectivity index (χ0v) is 9.14. The highest BCUT2D eigenvalue weighted by molar-refractivity contribution is 9.10. The molecule has 76 valence electrons. The minimum Gasteiger partial charge on any atom is -0.507 e. The molecule has 1 fully saturated rings. The van der Waals surface area contributed by atoms with Gasteiger partial charge in [-0.2, -0.15) is 0 Å². The van der Waals surface area contributed by atoms with E-state index in [4.69, 9.17) is 0 Å². The van der Waals surface area contributed by atoms with Crippen molar-refractivity contribution in [3.05, 3.63) is 28.0 Å². The van der Waals surface area contributed by atoms with E-state index in [1.54, 1.807) is 6.07 Å². The Hall–Kier alpha value is -0.610. The summed E-state index contributed by atoms with van der Waals surface area (Å²) in [4.78, 5) is 0. The van der Waals surface area contributed by atoms with Crippen LogP contribution in [0.5, 0.6) is 5.75 Å². The monoisotopic (exact) mass is 259 g/mol. The number of aromatic hydroxyl groups is 1. The van der Waals surface area contributed by atoms with Crippen LogP contribution in [0.2, 0.25) is 0 Å². The Morgan fingerprint density at radius 2 is 2.29 bits per heavy atom. The maximum absolute atomic E-state index is 13.7. The molecular weight excluding hydrogens is 249 g/mol. The van der Waals surface area contributed by atoms with Gasteiger partial charge in [0.05, 0.1) is 4.47 Å². The van der Waals surface area contributed by atoms with Gasteiger partial charge in [0, 0.05) is 11.6 Å². The van der Waals surface area contributed by atoms with Crippen molar-refractivity contribution in [2.75, 3.05) is 6.54 Å². The van der Waals surface area contributed by atoms with E-state index >= 15 is 0 Å². The minimum absolute atomic E-state index is 0.0516. The fourth-order valence-electron chi connectivity index (χ4n) is 1.77. The topological polar surface area (TPSA) is 32.3 Å². The normalized spacial score (nSPS) is 21.4. The lowest BCUT2D eigenvalue weighted by molar-refractivity contribution is 0.459. The summed E-state index contributed by atoms with van der Waals surface area (Å²) in [6, 6.07) is 3.24. The summed E-state index contributed by atoms with van der Waals surface area (Å²) in [6.45, 7) is 0.933. The number of nitrogens with one attached hydrogen (secondary N) is 1. The van der Waals surface area contributed by atoms with Gasteiger partial charge in [-0.1, -0.05) is 6.07 Å². The molecule has 1 aliphatic rings. The van der Waals surface area contributed by atoms with Crippen molar-refractivity contribution in [1.82, 2.24) is 5.32 Å². The molecule has 2 nitrogen and oxygen atoms in total. The summed E-state index contributed by atoms with van der Waals surface area (Å²) >= 11 is 3.02. The van der Waals surface area contributed by atoms with Crippen molar-refractivity contribution < 1.29 is 9.50 Å². The third-order valence-corrected chi connectivity index (χ3v) is 3.28. The van der Waals surface area contributed by atoms with E-state index in [0.29, 0.717) is 5.56 Å². The molecular formula is C10H11BrFNO. The van der Waals surface area contributed by atoms with Crippen LogP contribution in [0, 0.1) is 5.82 Å². The van der Waals surface area contributed by atoms with Gasteiger partial charge < -0.3 is 10.4 Å². The van der Waals surface area contributed by atoms with E-state index in [-0.39, 0.29) is 22.1 Å². The van der Waals surface area contributed by atoms with Crippen LogP contribution in [0.25, 0.3) is 0 Å². The fourth-order valence-corrected chi connectivity index (χ4v) is 2.13. The van der Waals surface area contributed by atoms with Crippen LogP contribution in [0.3, 0.4) is 0 Å². The molecule has 1 aromatic rings. The quantitative estimate of drug-likeness (QED) is 0.813. The molecule has 0 aliphatic carbocycles. The molecule has 2 N–H and O–H groups in total. The van der Waals surface area contributed by atoms with Crippen molar-refractivity contribution in [3.63, 3.8) is 0 Å². The standard InChI is InChI=1S/C10H11BrFNO/c11-9-8(14)4-3-6(10(9)12)7-2-1-5-13-7/h3-4,7,13-14H,1-2,5H2. The SMILES string of the molecule is Oc1ccc(C2CCCN2)c(F)c1Br. The predicted octanol–water partition coefficient (Wildman–Crippen LogP) is 2.72. The number of phenols is 1. The summed E-state index contributed by atoms with van der Waals surface area (Å²) < 4.78 is 13.8. The van der Waals surface area contributed by atoms with Crippen LogP contribution in [0.15, 0.2) is 16.6 Å². The smallest absolute Gasteiger partial charge is 0.145 e. The van der Waals surface area contributed by atoms with Crippen LogP contribution < -0.4 is 5.32 Å². The number of benzene rings is 1. The lowest BCUT2D eigenvalue weighted by Gasteiger charge is -2.12. The van der Waals surface area contributed by atoms with Crippen LogP contribution in [-0.2, 0) is 0 Å². The van der Waals surface area contributed by atoms with E-state index in [0.717, 1.165) is 19.4 Å². The van der Waals surface area contributed by atoms with Crippen molar-refractivity contribution in [2.24, 2.45) is 0 Å². The van der Waals surface area contributed by atoms with Crippen LogP contribution in [-0.4, -0.2) is 11.7 Å². The first kappa shape index (κ1) is 9.93. The predicted molar refractivity (Wildman–Crippen MR) is 55.7 cm³/mol. The van der Waals surface area contributed by atoms with Gasteiger partial charge in [0.25, 0.3) is 0 Å². The van der Waals surface area contributed by atoms with Gasteiger partial charge >= 0.3 is 0 Å². The lowest BCUT2D eigenvalue weighted by atomic mass is 10.0. The highest BCUT2D eigenvalue weighted by Gasteiger charge is 2.21. The maximum atomic E-state index is 13.7. The molecule has 4 heteroatoms. The second kappa shape index (κ2) is 3.87. The molecule has 0 amide bonds. The van der Waals surface area contributed by atoms with E-state index in [1.807, 2.05) is 0 Å². The molecule has 1 aliphatic heterocycles. The van der Waals surface area contributed by atoms with Gasteiger partial charge in [-0.3, -0.25) is 0 Å². The molecule has 1 atom stereocenters. The van der Waals surface area contributed by atoms with Gasteiger partial charge in [-0.25, -0.2) is 4.39 Å². The molecule has 0 radical (unpaired) electrons. The first-order valence-corrected chi connectivity index (χ1v) is 5.39. The second-order valence-electron chi connectivity index (χ2n) is 3.45. The highest BCUT2D eigenvalue weighted by atomic mass is 79.9. The van der Waals surface area contributed by atoms with E-state index < -0.39 is 0 Å². The summed E-state index contributed by atoms with van der Waals surface area (Å²) in [5.41, 5.74) is 0.632. The van der Waals surface area contributed by atoms with Gasteiger partial charge in [0.1, 0.15) is 11.6 Å². The Labute approximate surface area is 90.3 Å². The summed E-state index contributed by atoms with van der Waals surface area (Å²) in [5, 5.41) is 12.5. The number of halogens is 2. The maximum Gasteiger partial charge on any atom is 0.145 e. The largest absolute Gasteiger partial charge is 0.507 e. The Morgan fingerprint density at radius 3 is 2.93 bits per heavy atom. The molecule has 1 aromatic carbocycles. The fraction of sp³-hybridized carbons (Fsp3) is 0.400. The number of hydrogen-bond acceptors (Lipinski definition) is 2. The summed E-state index contributed by atoms with van der Waals surface area (Å²) in [7, 11) is 0. The molecule has 2 rings (SSSR count). The van der Waals surface area contributed by atoms with Crippen molar-refractivity contribution in [1.29, 1.82) is 0 Å². The average Bonchev–Trinajstić information content (AvgIpc) is 2.67. The zero-order chi connectivity index (χ0) is 10.1. The molecule has 0 bridgehead atoms. The van der Waals surface area contributed by atoms with Gasteiger partial charge in [0.2, 0.25) is 0 Å². The number of rotatable bonds is 1. The number of phenolic OH excluding ortho intramolecular Hbond substituents is 1. The molecule has 0 saturated carbocycles. The van der Waals surface area contributed by atoms with E-state index in [9.17, 15) is 9.50 Å². The van der Waals surface area contributed by atoms with E-state index in [1.165, 1.54) is 6.07 Å². The Bertz CT molecular complexity index is 350. The minimum atomic E-state index is -0.357. The molecule has 1 heterocycles. The number of hydrogen-bond donors (Lipinski definition) is 2. The van der Waals surface area contributed by atoms with Crippen LogP contribution >= 0.6 is 15.9 Å². The lowest BCUT2D eigenvalue weighted by Crippen LogP contribution is -2.14. The highest BCUT2D eigenvalue weighted by Crippen LogP contribution is 2.33. The van der Waals surface area contributed by atoms with Crippen molar-refractivity contribution in [3.8, 4) is 5.75 Å². The van der Waals surface area contributed by atoms with Gasteiger partial charge in [-0.15, -0.1) is 0 Å². The Balaban J connectivity index is 2.38. The average molecular weight is 260 g/mol. The molecule has 0 spiro atoms. The Kier molecular flexibility index (Phi) is 2.74. The molecule has 14 heavy (non-hydrogen) atoms. The van der Waals surface area contributed by atoms with Gasteiger partial charge in [-0.05, 0) is 41.4 Å². The third-order valence-electron chi connectivity index (χ3n) is 2.53. The second-order valence-corrected chi connectivity index (χ2v) is 4.24. The van der Waals surface area contributed by atoms with Crippen molar-refractivity contribution in [2.45, 2.75) is 18.9 Å². The zero-order valence-electron chi connectivity index (χ0n) is 7.56. The first-order chi connectivity index (χ1) is 6.70.